The van der Waals surface area contributed by atoms with Gasteiger partial charge in [-0.05, 0) is 0 Å². The van der Waals surface area contributed by atoms with Crippen LogP contribution in [-0.4, -0.2) is 31.1 Å². The van der Waals surface area contributed by atoms with Gasteiger partial charge in [0.25, 0.3) is 0 Å². The van der Waals surface area contributed by atoms with E-state index in [4.69, 9.17) is 9.26 Å². The Hall–Kier alpha value is 0.410. The van der Waals surface area contributed by atoms with Crippen molar-refractivity contribution >= 4 is 24.6 Å². The van der Waals surface area contributed by atoms with Crippen LogP contribution in [0, 0.1) is 0 Å². The molecule has 0 aromatic heterocycles. The Kier molecular flexibility index (Phi) is 4.55. The molecular weight excluding hydrogens is 196 g/mol. The molecule has 1 N–H and O–H groups in total. The van der Waals surface area contributed by atoms with Crippen molar-refractivity contribution in [2.75, 3.05) is 13.2 Å². The molecule has 0 aromatic rings. The number of rotatable bonds is 3. The first-order chi connectivity index (χ1) is 5.77. The second-order valence-corrected chi connectivity index (χ2v) is 3.35. The number of Topliss-reactive ketones (excluding diaryl/α,β-unsaturated/α-hetero) is 1. The van der Waals surface area contributed by atoms with E-state index in [0.717, 1.165) is 0 Å². The van der Waals surface area contributed by atoms with Crippen molar-refractivity contribution in [1.29, 1.82) is 0 Å². The lowest BCUT2D eigenvalue weighted by Gasteiger charge is -2.26. The molecule has 1 fully saturated rings. The average Bonchev–Trinajstić information content (AvgIpc) is 2.05. The summed E-state index contributed by atoms with van der Waals surface area (Å²) in [6, 6.07) is -0.171. The summed E-state index contributed by atoms with van der Waals surface area (Å²) in [7, 11) is 4.47. The van der Waals surface area contributed by atoms with Crippen LogP contribution in [0.3, 0.4) is 0 Å². The van der Waals surface area contributed by atoms with Crippen LogP contribution in [0.2, 0.25) is 0 Å². The summed E-state index contributed by atoms with van der Waals surface area (Å²) in [5.74, 6) is 0.184. The zero-order valence-corrected chi connectivity index (χ0v) is 8.96. The van der Waals surface area contributed by atoms with Crippen molar-refractivity contribution < 1.29 is 14.1 Å². The molecular formula is C6H13NO3P2. The van der Waals surface area contributed by atoms with Gasteiger partial charge in [0, 0.05) is 15.9 Å². The van der Waals surface area contributed by atoms with E-state index < -0.39 is 0 Å². The summed E-state index contributed by atoms with van der Waals surface area (Å²) in [4.78, 5) is 11.3. The quantitative estimate of drug-likeness (QED) is 0.659. The van der Waals surface area contributed by atoms with Gasteiger partial charge in [-0.1, -0.05) is 9.39 Å². The molecule has 1 aliphatic rings. The minimum atomic E-state index is -0.171. The molecule has 70 valence electrons. The summed E-state index contributed by atoms with van der Waals surface area (Å²) in [5, 5.41) is 2.81. The van der Waals surface area contributed by atoms with Crippen molar-refractivity contribution in [1.82, 2.24) is 5.09 Å². The highest BCUT2D eigenvalue weighted by Gasteiger charge is 2.27. The van der Waals surface area contributed by atoms with Crippen molar-refractivity contribution in [3.05, 3.63) is 0 Å². The Labute approximate surface area is 76.3 Å². The Morgan fingerprint density at radius 2 is 2.50 bits per heavy atom. The molecule has 1 heterocycles. The summed E-state index contributed by atoms with van der Waals surface area (Å²) in [6.45, 7) is 0.890. The summed E-state index contributed by atoms with van der Waals surface area (Å²) in [5.41, 5.74) is 0. The highest BCUT2D eigenvalue weighted by atomic mass is 31.0. The number of hydrogen-bond acceptors (Lipinski definition) is 4. The first-order valence-corrected chi connectivity index (χ1v) is 4.75. The minimum Gasteiger partial charge on any atom is -0.373 e. The van der Waals surface area contributed by atoms with E-state index in [1.54, 1.807) is 0 Å². The van der Waals surface area contributed by atoms with Gasteiger partial charge in [-0.25, -0.2) is 0 Å². The smallest absolute Gasteiger partial charge is 0.155 e. The molecule has 0 saturated carbocycles. The van der Waals surface area contributed by atoms with Crippen LogP contribution in [-0.2, 0) is 14.1 Å². The third kappa shape index (κ3) is 2.72. The number of carbonyl (C=O) groups is 1. The first-order valence-electron chi connectivity index (χ1n) is 3.70. The fourth-order valence-electron chi connectivity index (χ4n) is 1.11. The average molecular weight is 209 g/mol. The molecule has 0 amide bonds. The van der Waals surface area contributed by atoms with Crippen molar-refractivity contribution in [3.8, 4) is 0 Å². The van der Waals surface area contributed by atoms with E-state index in [1.165, 1.54) is 0 Å². The lowest BCUT2D eigenvalue weighted by atomic mass is 10.1. The van der Waals surface area contributed by atoms with E-state index in [9.17, 15) is 4.79 Å². The molecule has 0 aliphatic carbocycles. The number of hydrogen-bond donors (Lipinski definition) is 1. The van der Waals surface area contributed by atoms with Gasteiger partial charge in [0.05, 0.1) is 25.4 Å². The molecule has 1 rings (SSSR count). The van der Waals surface area contributed by atoms with Crippen molar-refractivity contribution in [2.24, 2.45) is 0 Å². The van der Waals surface area contributed by atoms with Crippen LogP contribution in [0.25, 0.3) is 0 Å². The van der Waals surface area contributed by atoms with Gasteiger partial charge >= 0.3 is 0 Å². The fraction of sp³-hybridized carbons (Fsp3) is 0.833. The molecule has 0 bridgehead atoms. The highest BCUT2D eigenvalue weighted by molar-refractivity contribution is 7.13. The standard InChI is InChI=1S/C6H13NO3P2/c8-6-1-4(2-10-12)9-3-5(6)7-11/h4-5,7H,1-3,11-12H2. The molecule has 4 atom stereocenters. The van der Waals surface area contributed by atoms with Gasteiger partial charge in [0.1, 0.15) is 0 Å². The third-order valence-electron chi connectivity index (χ3n) is 1.80. The second-order valence-electron chi connectivity index (χ2n) is 2.68. The van der Waals surface area contributed by atoms with Gasteiger partial charge < -0.3 is 9.26 Å². The largest absolute Gasteiger partial charge is 0.373 e. The molecule has 4 nitrogen and oxygen atoms in total. The molecule has 0 spiro atoms. The summed E-state index contributed by atoms with van der Waals surface area (Å²) >= 11 is 0. The predicted octanol–water partition coefficient (Wildman–Crippen LogP) is -0.101. The SMILES string of the molecule is O=C1CC(COP)OCC1NP. The van der Waals surface area contributed by atoms with Crippen LogP contribution in [0.15, 0.2) is 0 Å². The van der Waals surface area contributed by atoms with Gasteiger partial charge in [-0.3, -0.25) is 9.88 Å². The van der Waals surface area contributed by atoms with Gasteiger partial charge in [0.15, 0.2) is 5.78 Å². The zero-order chi connectivity index (χ0) is 8.97. The highest BCUT2D eigenvalue weighted by Crippen LogP contribution is 2.12. The predicted molar refractivity (Wildman–Crippen MR) is 51.7 cm³/mol. The lowest BCUT2D eigenvalue weighted by Crippen LogP contribution is -2.44. The van der Waals surface area contributed by atoms with E-state index in [1.807, 2.05) is 0 Å². The Morgan fingerprint density at radius 3 is 3.00 bits per heavy atom. The Morgan fingerprint density at radius 1 is 1.75 bits per heavy atom. The number of carbonyl (C=O) groups excluding carboxylic acids is 1. The zero-order valence-electron chi connectivity index (χ0n) is 6.66. The molecule has 1 aliphatic heterocycles. The van der Waals surface area contributed by atoms with Crippen molar-refractivity contribution in [3.63, 3.8) is 0 Å². The molecule has 4 unspecified atom stereocenters. The maximum absolute atomic E-state index is 11.3. The van der Waals surface area contributed by atoms with Crippen LogP contribution in [0.5, 0.6) is 0 Å². The topological polar surface area (TPSA) is 47.6 Å². The number of ether oxygens (including phenoxy) is 1. The maximum atomic E-state index is 11.3. The van der Waals surface area contributed by atoms with Gasteiger partial charge in [-0.15, -0.1) is 0 Å². The first kappa shape index (κ1) is 10.5. The number of ketones is 1. The minimum absolute atomic E-state index is 0.0791. The Bertz CT molecular complexity index is 167. The van der Waals surface area contributed by atoms with E-state index in [0.29, 0.717) is 19.6 Å². The molecule has 6 heteroatoms. The Balaban J connectivity index is 2.35. The second kappa shape index (κ2) is 5.21. The maximum Gasteiger partial charge on any atom is 0.155 e. The summed E-state index contributed by atoms with van der Waals surface area (Å²) < 4.78 is 10.2. The molecule has 0 radical (unpaired) electrons. The van der Waals surface area contributed by atoms with Crippen LogP contribution in [0.1, 0.15) is 6.42 Å². The molecule has 12 heavy (non-hydrogen) atoms. The van der Waals surface area contributed by atoms with Gasteiger partial charge in [-0.2, -0.15) is 0 Å². The van der Waals surface area contributed by atoms with E-state index >= 15 is 0 Å². The third-order valence-corrected chi connectivity index (χ3v) is 2.39. The molecule has 1 saturated heterocycles. The van der Waals surface area contributed by atoms with Crippen LogP contribution in [0.4, 0.5) is 0 Å². The van der Waals surface area contributed by atoms with Gasteiger partial charge in [0.2, 0.25) is 0 Å². The van der Waals surface area contributed by atoms with E-state index in [-0.39, 0.29) is 17.9 Å². The van der Waals surface area contributed by atoms with E-state index in [2.05, 4.69) is 23.9 Å². The summed E-state index contributed by atoms with van der Waals surface area (Å²) in [6.07, 6.45) is 0.352. The van der Waals surface area contributed by atoms with Crippen molar-refractivity contribution in [2.45, 2.75) is 18.6 Å². The normalized spacial score (nSPS) is 30.7. The molecule has 0 aromatic carbocycles. The lowest BCUT2D eigenvalue weighted by molar-refractivity contribution is -0.132. The van der Waals surface area contributed by atoms with Crippen LogP contribution >= 0.6 is 18.9 Å². The monoisotopic (exact) mass is 209 g/mol. The fourth-order valence-corrected chi connectivity index (χ4v) is 1.60. The number of nitrogens with one attached hydrogen (secondary N) is 1. The van der Waals surface area contributed by atoms with Crippen LogP contribution < -0.4 is 5.09 Å².